The maximum Gasteiger partial charge on any atom is 0.150 e. The van der Waals surface area contributed by atoms with Crippen molar-refractivity contribution in [2.24, 2.45) is 0 Å². The number of anilines is 2. The molecule has 0 spiro atoms. The summed E-state index contributed by atoms with van der Waals surface area (Å²) in [6.45, 7) is 4.99. The third-order valence-electron chi connectivity index (χ3n) is 4.69. The van der Waals surface area contributed by atoms with Gasteiger partial charge in [-0.25, -0.2) is 15.0 Å². The normalized spacial score (nSPS) is 18.0. The van der Waals surface area contributed by atoms with E-state index in [-0.39, 0.29) is 0 Å². The molecule has 1 aliphatic rings. The lowest BCUT2D eigenvalue weighted by Gasteiger charge is -2.31. The summed E-state index contributed by atoms with van der Waals surface area (Å²) in [5.74, 6) is 1.93. The predicted octanol–water partition coefficient (Wildman–Crippen LogP) is 3.03. The van der Waals surface area contributed by atoms with Crippen molar-refractivity contribution in [2.45, 2.75) is 32.2 Å². The van der Waals surface area contributed by atoms with Crippen molar-refractivity contribution < 1.29 is 0 Å². The minimum atomic E-state index is 0.422. The summed E-state index contributed by atoms with van der Waals surface area (Å²) in [7, 11) is 0. The first-order chi connectivity index (χ1) is 12.8. The van der Waals surface area contributed by atoms with Crippen LogP contribution in [0, 0.1) is 6.92 Å². The van der Waals surface area contributed by atoms with Gasteiger partial charge in [-0.2, -0.15) is 0 Å². The molecular formula is C19H23N7. The van der Waals surface area contributed by atoms with Crippen LogP contribution in [0.5, 0.6) is 0 Å². The van der Waals surface area contributed by atoms with E-state index in [4.69, 9.17) is 0 Å². The minimum Gasteiger partial charge on any atom is -0.347 e. The van der Waals surface area contributed by atoms with Gasteiger partial charge in [-0.1, -0.05) is 6.07 Å². The second-order valence-corrected chi connectivity index (χ2v) is 6.77. The Balaban J connectivity index is 1.39. The van der Waals surface area contributed by atoms with Crippen molar-refractivity contribution in [3.8, 4) is 0 Å². The van der Waals surface area contributed by atoms with Gasteiger partial charge in [0.1, 0.15) is 11.6 Å². The first-order valence-corrected chi connectivity index (χ1v) is 8.98. The van der Waals surface area contributed by atoms with Crippen LogP contribution in [-0.4, -0.2) is 42.9 Å². The molecule has 1 saturated heterocycles. The number of hydrogen-bond donors (Lipinski definition) is 2. The number of nitrogens with zero attached hydrogens (tertiary/aromatic N) is 5. The van der Waals surface area contributed by atoms with Crippen molar-refractivity contribution in [3.05, 3.63) is 60.2 Å². The number of likely N-dealkylation sites (tertiary alicyclic amines) is 1. The molecule has 26 heavy (non-hydrogen) atoms. The highest BCUT2D eigenvalue weighted by Gasteiger charge is 2.23. The Kier molecular flexibility index (Phi) is 4.88. The largest absolute Gasteiger partial charge is 0.347 e. The zero-order valence-corrected chi connectivity index (χ0v) is 14.9. The Morgan fingerprint density at radius 2 is 2.15 bits per heavy atom. The van der Waals surface area contributed by atoms with Gasteiger partial charge in [0.05, 0.1) is 24.4 Å². The van der Waals surface area contributed by atoms with Crippen molar-refractivity contribution in [3.63, 3.8) is 0 Å². The van der Waals surface area contributed by atoms with Crippen LogP contribution in [0.4, 0.5) is 11.6 Å². The highest BCUT2D eigenvalue weighted by atomic mass is 15.1. The van der Waals surface area contributed by atoms with Crippen molar-refractivity contribution in [2.75, 3.05) is 18.4 Å². The van der Waals surface area contributed by atoms with Crippen molar-refractivity contribution >= 4 is 11.6 Å². The van der Waals surface area contributed by atoms with E-state index in [2.05, 4.69) is 35.1 Å². The summed E-state index contributed by atoms with van der Waals surface area (Å²) in [5, 5.41) is 3.21. The molecule has 7 heteroatoms. The van der Waals surface area contributed by atoms with Crippen molar-refractivity contribution in [1.82, 2.24) is 29.8 Å². The Morgan fingerprint density at radius 3 is 2.92 bits per heavy atom. The third-order valence-corrected chi connectivity index (χ3v) is 4.69. The molecule has 7 nitrogen and oxygen atoms in total. The van der Waals surface area contributed by atoms with E-state index in [0.717, 1.165) is 54.8 Å². The fourth-order valence-corrected chi connectivity index (χ4v) is 3.41. The summed E-state index contributed by atoms with van der Waals surface area (Å²) in [4.78, 5) is 23.3. The minimum absolute atomic E-state index is 0.422. The Hall–Kier alpha value is -2.80. The summed E-state index contributed by atoms with van der Waals surface area (Å²) in [5.41, 5.74) is 3.18. The molecule has 134 valence electrons. The number of imidazole rings is 1. The smallest absolute Gasteiger partial charge is 0.150 e. The van der Waals surface area contributed by atoms with Gasteiger partial charge in [0, 0.05) is 36.6 Å². The van der Waals surface area contributed by atoms with E-state index < -0.39 is 0 Å². The topological polar surface area (TPSA) is 82.6 Å². The van der Waals surface area contributed by atoms with E-state index in [1.807, 2.05) is 37.5 Å². The second-order valence-electron chi connectivity index (χ2n) is 6.77. The maximum absolute atomic E-state index is 4.65. The fraction of sp³-hybridized carbons (Fsp3) is 0.368. The molecule has 0 aromatic carbocycles. The average molecular weight is 349 g/mol. The molecule has 4 heterocycles. The maximum atomic E-state index is 4.65. The molecule has 0 radical (unpaired) electrons. The van der Waals surface area contributed by atoms with E-state index in [0.29, 0.717) is 5.92 Å². The summed E-state index contributed by atoms with van der Waals surface area (Å²) < 4.78 is 0. The highest BCUT2D eigenvalue weighted by Crippen LogP contribution is 2.26. The SMILES string of the molecule is Cc1cccc(Nc2cnc([C@@H]3CCCN(Cc4cnc[nH]4)C3)cn2)n1. The Bertz CT molecular complexity index is 829. The van der Waals surface area contributed by atoms with Crippen LogP contribution in [0.15, 0.2) is 43.1 Å². The van der Waals surface area contributed by atoms with Crippen LogP contribution in [0.1, 0.15) is 35.8 Å². The van der Waals surface area contributed by atoms with E-state index >= 15 is 0 Å². The molecule has 1 fully saturated rings. The first-order valence-electron chi connectivity index (χ1n) is 8.98. The molecule has 3 aromatic rings. The van der Waals surface area contributed by atoms with E-state index in [1.165, 1.54) is 6.42 Å². The number of pyridine rings is 1. The number of hydrogen-bond acceptors (Lipinski definition) is 6. The molecule has 0 bridgehead atoms. The standard InChI is InChI=1S/C19H23N7/c1-14-4-2-6-18(24-14)25-19-10-21-17(9-22-19)15-5-3-7-26(11-15)12-16-8-20-13-23-16/h2,4,6,8-10,13,15H,3,5,7,11-12H2,1H3,(H,20,23)(H,22,24,25)/t15-/m1/s1. The zero-order chi connectivity index (χ0) is 17.8. The number of aryl methyl sites for hydroxylation is 1. The van der Waals surface area contributed by atoms with Gasteiger partial charge in [0.25, 0.3) is 0 Å². The molecule has 1 aliphatic heterocycles. The highest BCUT2D eigenvalue weighted by molar-refractivity contribution is 5.50. The average Bonchev–Trinajstić information content (AvgIpc) is 3.16. The molecule has 1 atom stereocenters. The monoisotopic (exact) mass is 349 g/mol. The van der Waals surface area contributed by atoms with Crippen LogP contribution in [0.2, 0.25) is 0 Å². The Labute approximate surface area is 152 Å². The predicted molar refractivity (Wildman–Crippen MR) is 100 cm³/mol. The van der Waals surface area contributed by atoms with Gasteiger partial charge in [-0.05, 0) is 38.4 Å². The number of piperidine rings is 1. The number of aromatic amines is 1. The van der Waals surface area contributed by atoms with Crippen LogP contribution < -0.4 is 5.32 Å². The number of aromatic nitrogens is 5. The number of H-pyrrole nitrogens is 1. The lowest BCUT2D eigenvalue weighted by molar-refractivity contribution is 0.196. The van der Waals surface area contributed by atoms with Gasteiger partial charge in [-0.15, -0.1) is 0 Å². The number of nitrogens with one attached hydrogen (secondary N) is 2. The van der Waals surface area contributed by atoms with Gasteiger partial charge in [0.15, 0.2) is 0 Å². The lowest BCUT2D eigenvalue weighted by Crippen LogP contribution is -2.34. The second kappa shape index (κ2) is 7.61. The first kappa shape index (κ1) is 16.7. The Morgan fingerprint density at radius 1 is 1.19 bits per heavy atom. The third kappa shape index (κ3) is 4.05. The molecule has 0 amide bonds. The molecule has 2 N–H and O–H groups in total. The summed E-state index contributed by atoms with van der Waals surface area (Å²) in [6, 6.07) is 5.87. The van der Waals surface area contributed by atoms with Gasteiger partial charge >= 0.3 is 0 Å². The summed E-state index contributed by atoms with van der Waals surface area (Å²) in [6.07, 6.45) is 9.64. The lowest BCUT2D eigenvalue weighted by atomic mass is 9.95. The fourth-order valence-electron chi connectivity index (χ4n) is 3.41. The van der Waals surface area contributed by atoms with Crippen LogP contribution in [0.3, 0.4) is 0 Å². The molecule has 4 rings (SSSR count). The molecule has 0 unspecified atom stereocenters. The van der Waals surface area contributed by atoms with Gasteiger partial charge in [0.2, 0.25) is 0 Å². The summed E-state index contributed by atoms with van der Waals surface area (Å²) >= 11 is 0. The van der Waals surface area contributed by atoms with Crippen LogP contribution in [0.25, 0.3) is 0 Å². The number of rotatable bonds is 5. The van der Waals surface area contributed by atoms with E-state index in [1.54, 1.807) is 12.5 Å². The molecule has 3 aromatic heterocycles. The molecule has 0 saturated carbocycles. The zero-order valence-electron chi connectivity index (χ0n) is 14.9. The molecule has 0 aliphatic carbocycles. The quantitative estimate of drug-likeness (QED) is 0.737. The van der Waals surface area contributed by atoms with Crippen LogP contribution >= 0.6 is 0 Å². The van der Waals surface area contributed by atoms with Crippen molar-refractivity contribution in [1.29, 1.82) is 0 Å². The molecular weight excluding hydrogens is 326 g/mol. The van der Waals surface area contributed by atoms with E-state index in [9.17, 15) is 0 Å². The van der Waals surface area contributed by atoms with Gasteiger partial charge in [-0.3, -0.25) is 9.88 Å². The van der Waals surface area contributed by atoms with Gasteiger partial charge < -0.3 is 10.3 Å². The van der Waals surface area contributed by atoms with Crippen LogP contribution in [-0.2, 0) is 6.54 Å².